The highest BCUT2D eigenvalue weighted by atomic mass is 16.5. The van der Waals surface area contributed by atoms with Gasteiger partial charge in [-0.2, -0.15) is 0 Å². The molecule has 0 saturated heterocycles. The molecule has 20 heavy (non-hydrogen) atoms. The molecule has 3 heteroatoms. The highest BCUT2D eigenvalue weighted by molar-refractivity contribution is 5.48. The zero-order valence-electron chi connectivity index (χ0n) is 12.4. The van der Waals surface area contributed by atoms with Gasteiger partial charge in [0, 0.05) is 5.56 Å². The van der Waals surface area contributed by atoms with Crippen molar-refractivity contribution in [1.29, 1.82) is 0 Å². The Hall–Kier alpha value is -1.66. The molecule has 0 aromatic heterocycles. The smallest absolute Gasteiger partial charge is 0.162 e. The van der Waals surface area contributed by atoms with E-state index in [0.717, 1.165) is 29.9 Å². The fourth-order valence-electron chi connectivity index (χ4n) is 2.26. The molecule has 3 nitrogen and oxygen atoms in total. The van der Waals surface area contributed by atoms with Crippen molar-refractivity contribution in [3.05, 3.63) is 23.8 Å². The molecule has 1 N–H and O–H groups in total. The van der Waals surface area contributed by atoms with E-state index in [2.05, 4.69) is 11.8 Å². The van der Waals surface area contributed by atoms with Crippen LogP contribution in [0.3, 0.4) is 0 Å². The molecule has 1 saturated carbocycles. The molecular formula is C17H22O3. The average molecular weight is 274 g/mol. The van der Waals surface area contributed by atoms with E-state index in [-0.39, 0.29) is 6.10 Å². The van der Waals surface area contributed by atoms with Gasteiger partial charge in [0.2, 0.25) is 0 Å². The van der Waals surface area contributed by atoms with Gasteiger partial charge in [-0.05, 0) is 57.7 Å². The first-order valence-electron chi connectivity index (χ1n) is 7.08. The molecule has 0 aliphatic heterocycles. The van der Waals surface area contributed by atoms with E-state index < -0.39 is 5.60 Å². The van der Waals surface area contributed by atoms with Gasteiger partial charge in [0.25, 0.3) is 0 Å². The second-order valence-corrected chi connectivity index (χ2v) is 5.70. The second kappa shape index (κ2) is 6.19. The molecular weight excluding hydrogens is 252 g/mol. The fraction of sp³-hybridized carbons (Fsp3) is 0.529. The van der Waals surface area contributed by atoms with Crippen LogP contribution in [-0.2, 0) is 0 Å². The Balaban J connectivity index is 2.21. The molecule has 0 unspecified atom stereocenters. The maximum atomic E-state index is 9.65. The van der Waals surface area contributed by atoms with Gasteiger partial charge in [0.05, 0.1) is 13.2 Å². The predicted octanol–water partition coefficient (Wildman–Crippen LogP) is 3.14. The summed E-state index contributed by atoms with van der Waals surface area (Å²) in [7, 11) is 1.64. The SMILES string of the molecule is COc1ccc(C#CC(C)(C)O)cc1OC1CCCC1. The van der Waals surface area contributed by atoms with Crippen molar-refractivity contribution in [3.63, 3.8) is 0 Å². The summed E-state index contributed by atoms with van der Waals surface area (Å²) in [6, 6.07) is 5.62. The number of ether oxygens (including phenoxy) is 2. The number of benzene rings is 1. The van der Waals surface area contributed by atoms with Crippen LogP contribution >= 0.6 is 0 Å². The first-order chi connectivity index (χ1) is 9.48. The van der Waals surface area contributed by atoms with Crippen LogP contribution < -0.4 is 9.47 Å². The minimum atomic E-state index is -0.994. The molecule has 0 radical (unpaired) electrons. The highest BCUT2D eigenvalue weighted by Gasteiger charge is 2.18. The lowest BCUT2D eigenvalue weighted by atomic mass is 10.1. The first-order valence-corrected chi connectivity index (χ1v) is 7.08. The summed E-state index contributed by atoms with van der Waals surface area (Å²) in [5, 5.41) is 9.65. The lowest BCUT2D eigenvalue weighted by Crippen LogP contribution is -2.14. The minimum absolute atomic E-state index is 0.279. The standard InChI is InChI=1S/C17H22O3/c1-17(2,18)11-10-13-8-9-15(19-3)16(12-13)20-14-6-4-5-7-14/h8-9,12,14,18H,4-7H2,1-3H3. The van der Waals surface area contributed by atoms with Crippen LogP contribution in [-0.4, -0.2) is 23.9 Å². The quantitative estimate of drug-likeness (QED) is 0.861. The zero-order chi connectivity index (χ0) is 14.6. The molecule has 0 spiro atoms. The number of hydrogen-bond donors (Lipinski definition) is 1. The molecule has 0 atom stereocenters. The van der Waals surface area contributed by atoms with E-state index in [0.29, 0.717) is 0 Å². The Morgan fingerprint density at radius 1 is 1.20 bits per heavy atom. The summed E-state index contributed by atoms with van der Waals surface area (Å²) in [6.45, 7) is 3.33. The maximum Gasteiger partial charge on any atom is 0.162 e. The van der Waals surface area contributed by atoms with Crippen molar-refractivity contribution in [2.75, 3.05) is 7.11 Å². The summed E-state index contributed by atoms with van der Waals surface area (Å²) < 4.78 is 11.3. The molecule has 0 heterocycles. The summed E-state index contributed by atoms with van der Waals surface area (Å²) in [6.07, 6.45) is 4.93. The van der Waals surface area contributed by atoms with Crippen molar-refractivity contribution in [2.45, 2.75) is 51.2 Å². The number of rotatable bonds is 3. The van der Waals surface area contributed by atoms with E-state index in [9.17, 15) is 5.11 Å². The fourth-order valence-corrected chi connectivity index (χ4v) is 2.26. The van der Waals surface area contributed by atoms with Gasteiger partial charge in [-0.25, -0.2) is 0 Å². The Kier molecular flexibility index (Phi) is 4.57. The number of hydrogen-bond acceptors (Lipinski definition) is 3. The van der Waals surface area contributed by atoms with E-state index in [1.165, 1.54) is 12.8 Å². The molecule has 1 fully saturated rings. The van der Waals surface area contributed by atoms with E-state index in [1.54, 1.807) is 21.0 Å². The van der Waals surface area contributed by atoms with Crippen LogP contribution in [0.4, 0.5) is 0 Å². The van der Waals surface area contributed by atoms with Gasteiger partial charge in [-0.1, -0.05) is 11.8 Å². The average Bonchev–Trinajstić information content (AvgIpc) is 2.89. The summed E-state index contributed by atoms with van der Waals surface area (Å²) in [5.41, 5.74) is -0.173. The van der Waals surface area contributed by atoms with Gasteiger partial charge < -0.3 is 14.6 Å². The van der Waals surface area contributed by atoms with Crippen LogP contribution in [0.5, 0.6) is 11.5 Å². The lowest BCUT2D eigenvalue weighted by Gasteiger charge is -2.16. The lowest BCUT2D eigenvalue weighted by molar-refractivity contribution is 0.143. The largest absolute Gasteiger partial charge is 0.493 e. The monoisotopic (exact) mass is 274 g/mol. The Labute approximate surface area is 120 Å². The molecule has 108 valence electrons. The molecule has 2 rings (SSSR count). The minimum Gasteiger partial charge on any atom is -0.493 e. The third kappa shape index (κ3) is 4.18. The molecule has 1 aromatic carbocycles. The second-order valence-electron chi connectivity index (χ2n) is 5.70. The van der Waals surface area contributed by atoms with Crippen molar-refractivity contribution in [3.8, 4) is 23.3 Å². The van der Waals surface area contributed by atoms with E-state index in [4.69, 9.17) is 9.47 Å². The van der Waals surface area contributed by atoms with Gasteiger partial charge in [-0.15, -0.1) is 0 Å². The topological polar surface area (TPSA) is 38.7 Å². The molecule has 0 bridgehead atoms. The molecule has 1 aromatic rings. The zero-order valence-corrected chi connectivity index (χ0v) is 12.4. The summed E-state index contributed by atoms with van der Waals surface area (Å²) in [4.78, 5) is 0. The van der Waals surface area contributed by atoms with Crippen molar-refractivity contribution in [1.82, 2.24) is 0 Å². The maximum absolute atomic E-state index is 9.65. The Morgan fingerprint density at radius 2 is 1.90 bits per heavy atom. The number of aliphatic hydroxyl groups is 1. The van der Waals surface area contributed by atoms with Gasteiger partial charge >= 0.3 is 0 Å². The van der Waals surface area contributed by atoms with Gasteiger partial charge in [0.1, 0.15) is 5.60 Å². The van der Waals surface area contributed by atoms with Crippen LogP contribution in [0, 0.1) is 11.8 Å². The first kappa shape index (κ1) is 14.7. The Morgan fingerprint density at radius 3 is 2.50 bits per heavy atom. The van der Waals surface area contributed by atoms with Gasteiger partial charge in [0.15, 0.2) is 11.5 Å². The molecule has 1 aliphatic rings. The molecule has 0 amide bonds. The molecule has 1 aliphatic carbocycles. The predicted molar refractivity (Wildman–Crippen MR) is 79.1 cm³/mol. The highest BCUT2D eigenvalue weighted by Crippen LogP contribution is 2.32. The Bertz CT molecular complexity index is 511. The number of methoxy groups -OCH3 is 1. The van der Waals surface area contributed by atoms with Gasteiger partial charge in [-0.3, -0.25) is 0 Å². The summed E-state index contributed by atoms with van der Waals surface area (Å²) in [5.74, 6) is 7.24. The normalized spacial score (nSPS) is 15.6. The van der Waals surface area contributed by atoms with E-state index in [1.807, 2.05) is 18.2 Å². The van der Waals surface area contributed by atoms with Crippen molar-refractivity contribution in [2.24, 2.45) is 0 Å². The third-order valence-corrected chi connectivity index (χ3v) is 3.27. The summed E-state index contributed by atoms with van der Waals surface area (Å²) >= 11 is 0. The van der Waals surface area contributed by atoms with Crippen LogP contribution in [0.2, 0.25) is 0 Å². The van der Waals surface area contributed by atoms with Crippen LogP contribution in [0.15, 0.2) is 18.2 Å². The van der Waals surface area contributed by atoms with E-state index >= 15 is 0 Å². The van der Waals surface area contributed by atoms with Crippen molar-refractivity contribution >= 4 is 0 Å². The van der Waals surface area contributed by atoms with Crippen LogP contribution in [0.25, 0.3) is 0 Å². The third-order valence-electron chi connectivity index (χ3n) is 3.27. The van der Waals surface area contributed by atoms with Crippen molar-refractivity contribution < 1.29 is 14.6 Å². The van der Waals surface area contributed by atoms with Crippen LogP contribution in [0.1, 0.15) is 45.1 Å².